The standard InChI is InChI=1S/C27H32F3N7O4S/c1-25(2)16-18-6-12-35-13-8-22(33-35)42(39,40)34-24(38)19-4-5-20(31-23(19)36(25)17-18)37-14-7-21(32-37)41-15-3-9-26(10-11-26)27(28,29)30/h4-5,7-8,13-14,18H,3,6,9-12,15-17H2,1-2H3,(H,34,38). The summed E-state index contributed by atoms with van der Waals surface area (Å²) < 4.78 is 76.1. The molecule has 3 aromatic rings. The fourth-order valence-corrected chi connectivity index (χ4v) is 6.89. The smallest absolute Gasteiger partial charge is 0.394 e. The average Bonchev–Trinajstić information content (AvgIpc) is 3.23. The molecule has 42 heavy (non-hydrogen) atoms. The van der Waals surface area contributed by atoms with Crippen LogP contribution in [0.15, 0.2) is 41.7 Å². The summed E-state index contributed by atoms with van der Waals surface area (Å²) in [4.78, 5) is 20.2. The van der Waals surface area contributed by atoms with Crippen molar-refractivity contribution in [2.24, 2.45) is 11.3 Å². The van der Waals surface area contributed by atoms with Crippen molar-refractivity contribution in [2.75, 3.05) is 18.1 Å². The van der Waals surface area contributed by atoms with E-state index in [2.05, 4.69) is 28.8 Å². The van der Waals surface area contributed by atoms with Gasteiger partial charge in [0.05, 0.1) is 17.6 Å². The summed E-state index contributed by atoms with van der Waals surface area (Å²) in [7, 11) is -4.21. The van der Waals surface area contributed by atoms with E-state index >= 15 is 0 Å². The van der Waals surface area contributed by atoms with Gasteiger partial charge in [0.25, 0.3) is 15.9 Å². The number of alkyl halides is 3. The topological polar surface area (TPSA) is 124 Å². The van der Waals surface area contributed by atoms with Gasteiger partial charge in [0, 0.05) is 37.1 Å². The van der Waals surface area contributed by atoms with Gasteiger partial charge in [0.2, 0.25) is 5.88 Å². The zero-order valence-electron chi connectivity index (χ0n) is 23.3. The van der Waals surface area contributed by atoms with Gasteiger partial charge in [-0.1, -0.05) is 0 Å². The number of hydrogen-bond acceptors (Lipinski definition) is 8. The van der Waals surface area contributed by atoms with E-state index < -0.39 is 27.5 Å². The summed E-state index contributed by atoms with van der Waals surface area (Å²) in [5.41, 5.74) is -1.85. The van der Waals surface area contributed by atoms with E-state index in [0.29, 0.717) is 24.7 Å². The molecule has 6 rings (SSSR count). The number of nitrogens with zero attached hydrogens (tertiary/aromatic N) is 6. The van der Waals surface area contributed by atoms with Crippen LogP contribution in [0, 0.1) is 11.3 Å². The summed E-state index contributed by atoms with van der Waals surface area (Å²) in [6.07, 6.45) is 1.23. The third-order valence-electron chi connectivity index (χ3n) is 8.51. The highest BCUT2D eigenvalue weighted by Gasteiger charge is 2.62. The van der Waals surface area contributed by atoms with Crippen LogP contribution < -0.4 is 14.4 Å². The van der Waals surface area contributed by atoms with Crippen LogP contribution >= 0.6 is 0 Å². The summed E-state index contributed by atoms with van der Waals surface area (Å²) in [5, 5.41) is 8.30. The first-order valence-electron chi connectivity index (χ1n) is 13.9. The lowest BCUT2D eigenvalue weighted by Crippen LogP contribution is -2.41. The van der Waals surface area contributed by atoms with E-state index in [0.717, 1.165) is 12.8 Å². The molecule has 1 amide bonds. The molecule has 1 unspecified atom stereocenters. The van der Waals surface area contributed by atoms with Crippen molar-refractivity contribution in [3.63, 3.8) is 0 Å². The molecule has 1 N–H and O–H groups in total. The van der Waals surface area contributed by atoms with E-state index in [1.165, 1.54) is 16.8 Å². The Labute approximate surface area is 241 Å². The Kier molecular flexibility index (Phi) is 6.78. The second-order valence-electron chi connectivity index (χ2n) is 12.0. The Hall–Kier alpha value is -3.62. The highest BCUT2D eigenvalue weighted by Crippen LogP contribution is 2.60. The van der Waals surface area contributed by atoms with Crippen molar-refractivity contribution in [1.29, 1.82) is 0 Å². The number of aryl methyl sites for hydroxylation is 1. The molecule has 3 aromatic heterocycles. The highest BCUT2D eigenvalue weighted by atomic mass is 32.2. The number of pyridine rings is 1. The summed E-state index contributed by atoms with van der Waals surface area (Å²) in [6.45, 7) is 5.36. The lowest BCUT2D eigenvalue weighted by Gasteiger charge is -2.34. The molecule has 4 bridgehead atoms. The molecule has 1 aliphatic carbocycles. The number of halogens is 3. The zero-order valence-corrected chi connectivity index (χ0v) is 24.1. The van der Waals surface area contributed by atoms with Crippen molar-refractivity contribution in [3.8, 4) is 11.7 Å². The number of hydrogen-bond donors (Lipinski definition) is 1. The lowest BCUT2D eigenvalue weighted by atomic mass is 9.94. The van der Waals surface area contributed by atoms with Crippen LogP contribution in [0.1, 0.15) is 62.7 Å². The molecule has 2 fully saturated rings. The van der Waals surface area contributed by atoms with Crippen molar-refractivity contribution in [1.82, 2.24) is 29.3 Å². The molecule has 15 heteroatoms. The Balaban J connectivity index is 1.25. The number of rotatable bonds is 6. The predicted molar refractivity (Wildman–Crippen MR) is 145 cm³/mol. The second kappa shape index (κ2) is 9.99. The fraction of sp³-hybridized carbons (Fsp3) is 0.556. The fourth-order valence-electron chi connectivity index (χ4n) is 5.98. The van der Waals surface area contributed by atoms with Gasteiger partial charge >= 0.3 is 6.18 Å². The molecule has 0 aromatic carbocycles. The minimum atomic E-state index is -4.21. The molecule has 226 valence electrons. The zero-order chi connectivity index (χ0) is 29.9. The van der Waals surface area contributed by atoms with Crippen LogP contribution in [-0.4, -0.2) is 63.7 Å². The maximum atomic E-state index is 13.4. The van der Waals surface area contributed by atoms with Gasteiger partial charge in [-0.3, -0.25) is 9.48 Å². The number of ether oxygens (including phenoxy) is 1. The first kappa shape index (κ1) is 28.5. The number of aromatic nitrogens is 5. The van der Waals surface area contributed by atoms with Gasteiger partial charge in [-0.2, -0.15) is 26.7 Å². The normalized spacial score (nSPS) is 22.4. The predicted octanol–water partition coefficient (Wildman–Crippen LogP) is 4.09. The van der Waals surface area contributed by atoms with E-state index in [1.807, 2.05) is 4.90 Å². The van der Waals surface area contributed by atoms with Gasteiger partial charge in [0.1, 0.15) is 5.82 Å². The van der Waals surface area contributed by atoms with Crippen molar-refractivity contribution in [2.45, 2.75) is 75.7 Å². The van der Waals surface area contributed by atoms with E-state index in [1.54, 1.807) is 29.2 Å². The Morgan fingerprint density at radius 2 is 1.90 bits per heavy atom. The monoisotopic (exact) mass is 607 g/mol. The molecule has 1 saturated carbocycles. The molecule has 0 radical (unpaired) electrons. The van der Waals surface area contributed by atoms with Crippen molar-refractivity contribution >= 4 is 21.7 Å². The summed E-state index contributed by atoms with van der Waals surface area (Å²) in [6, 6.07) is 6.02. The molecule has 3 aliphatic rings. The van der Waals surface area contributed by atoms with E-state index in [9.17, 15) is 26.4 Å². The van der Waals surface area contributed by atoms with Crippen LogP contribution in [0.25, 0.3) is 5.82 Å². The number of anilines is 1. The SMILES string of the molecule is CC1(C)CC2CCn3ccc(n3)S(=O)(=O)NC(=O)c3ccc(-n4ccc(OCCCC5(C(F)(F)F)CC5)n4)nc3N1C2. The van der Waals surface area contributed by atoms with Crippen LogP contribution in [0.3, 0.4) is 0 Å². The molecule has 2 aliphatic heterocycles. The van der Waals surface area contributed by atoms with Crippen LogP contribution in [-0.2, 0) is 16.6 Å². The van der Waals surface area contributed by atoms with Crippen LogP contribution in [0.4, 0.5) is 19.0 Å². The van der Waals surface area contributed by atoms with E-state index in [-0.39, 0.29) is 60.2 Å². The quantitative estimate of drug-likeness (QED) is 0.416. The lowest BCUT2D eigenvalue weighted by molar-refractivity contribution is -0.189. The molecule has 11 nitrogen and oxygen atoms in total. The molecule has 1 saturated heterocycles. The van der Waals surface area contributed by atoms with E-state index in [4.69, 9.17) is 9.72 Å². The number of fused-ring (bicyclic) bond motifs is 6. The third-order valence-corrected chi connectivity index (χ3v) is 9.73. The van der Waals surface area contributed by atoms with Gasteiger partial charge in [-0.15, -0.1) is 5.10 Å². The number of sulfonamides is 1. The molecular weight excluding hydrogens is 575 g/mol. The van der Waals surface area contributed by atoms with Gasteiger partial charge in [0.15, 0.2) is 10.8 Å². The molecule has 1 atom stereocenters. The number of amides is 1. The van der Waals surface area contributed by atoms with Gasteiger partial charge in [-0.25, -0.2) is 14.4 Å². The second-order valence-corrected chi connectivity index (χ2v) is 13.6. The molecule has 0 spiro atoms. The Bertz CT molecular complexity index is 1610. The summed E-state index contributed by atoms with van der Waals surface area (Å²) >= 11 is 0. The first-order valence-corrected chi connectivity index (χ1v) is 15.4. The van der Waals surface area contributed by atoms with Gasteiger partial charge < -0.3 is 9.64 Å². The summed E-state index contributed by atoms with van der Waals surface area (Å²) in [5.74, 6) is 0.364. The molecule has 5 heterocycles. The largest absolute Gasteiger partial charge is 0.477 e. The van der Waals surface area contributed by atoms with Crippen LogP contribution in [0.5, 0.6) is 5.88 Å². The molecular formula is C27H32F3N7O4S. The first-order chi connectivity index (χ1) is 19.8. The minimum absolute atomic E-state index is 0.0235. The Morgan fingerprint density at radius 1 is 1.12 bits per heavy atom. The minimum Gasteiger partial charge on any atom is -0.477 e. The number of carbonyl (C=O) groups is 1. The maximum Gasteiger partial charge on any atom is 0.394 e. The van der Waals surface area contributed by atoms with Gasteiger partial charge in [-0.05, 0) is 76.5 Å². The maximum absolute atomic E-state index is 13.4. The average molecular weight is 608 g/mol. The van der Waals surface area contributed by atoms with Crippen LogP contribution in [0.2, 0.25) is 0 Å². The highest BCUT2D eigenvalue weighted by molar-refractivity contribution is 7.90. The Morgan fingerprint density at radius 3 is 2.64 bits per heavy atom. The van der Waals surface area contributed by atoms with Crippen molar-refractivity contribution < 1.29 is 31.1 Å². The number of nitrogens with one attached hydrogen (secondary N) is 1. The number of carbonyl (C=O) groups excluding carboxylic acids is 1. The van der Waals surface area contributed by atoms with Crippen molar-refractivity contribution in [3.05, 3.63) is 42.2 Å². The third kappa shape index (κ3) is 5.34.